The van der Waals surface area contributed by atoms with Crippen LogP contribution >= 0.6 is 0 Å². The molecule has 0 fully saturated rings. The zero-order chi connectivity index (χ0) is 12.3. The molecule has 0 radical (unpaired) electrons. The number of benzene rings is 1. The summed E-state index contributed by atoms with van der Waals surface area (Å²) in [6.07, 6.45) is 6.76. The van der Waals surface area contributed by atoms with Crippen LogP contribution in [0.15, 0.2) is 35.7 Å². The van der Waals surface area contributed by atoms with Crippen LogP contribution in [0.25, 0.3) is 0 Å². The number of rotatable bonds is 2. The first-order valence-corrected chi connectivity index (χ1v) is 5.55. The standard InChI is InChI=1S/C14H15N3.Ni/c1-10-6-11(2)14(12(3)7-10)17-9-13-8-15-4-5-16-13;/h4-9H,1-3H3;. The smallest absolute Gasteiger partial charge is 0.0995 e. The fourth-order valence-electron chi connectivity index (χ4n) is 1.88. The maximum atomic E-state index is 4.49. The van der Waals surface area contributed by atoms with Gasteiger partial charge in [-0.2, -0.15) is 0 Å². The molecule has 0 atom stereocenters. The van der Waals surface area contributed by atoms with Gasteiger partial charge in [0.1, 0.15) is 0 Å². The van der Waals surface area contributed by atoms with Gasteiger partial charge in [-0.1, -0.05) is 17.7 Å². The second-order valence-electron chi connectivity index (χ2n) is 4.14. The molecule has 2 rings (SSSR count). The van der Waals surface area contributed by atoms with Crippen LogP contribution in [0.2, 0.25) is 0 Å². The van der Waals surface area contributed by atoms with Gasteiger partial charge in [0, 0.05) is 28.9 Å². The summed E-state index contributed by atoms with van der Waals surface area (Å²) in [5.41, 5.74) is 5.41. The van der Waals surface area contributed by atoms with Crippen LogP contribution < -0.4 is 0 Å². The Bertz CT molecular complexity index is 527. The van der Waals surface area contributed by atoms with Crippen LogP contribution in [0, 0.1) is 20.8 Å². The average molecular weight is 284 g/mol. The molecule has 1 aromatic carbocycles. The maximum absolute atomic E-state index is 4.49. The Morgan fingerprint density at radius 2 is 1.72 bits per heavy atom. The van der Waals surface area contributed by atoms with E-state index in [0.29, 0.717) is 0 Å². The second-order valence-corrected chi connectivity index (χ2v) is 4.14. The molecule has 0 spiro atoms. The summed E-state index contributed by atoms with van der Waals surface area (Å²) in [6, 6.07) is 4.27. The van der Waals surface area contributed by atoms with Gasteiger partial charge < -0.3 is 0 Å². The predicted molar refractivity (Wildman–Crippen MR) is 69.9 cm³/mol. The third-order valence-electron chi connectivity index (χ3n) is 2.54. The van der Waals surface area contributed by atoms with Crippen LogP contribution in [-0.4, -0.2) is 16.2 Å². The Morgan fingerprint density at radius 3 is 2.28 bits per heavy atom. The zero-order valence-corrected chi connectivity index (χ0v) is 11.6. The molecule has 0 aliphatic carbocycles. The van der Waals surface area contributed by atoms with Gasteiger partial charge in [0.25, 0.3) is 0 Å². The summed E-state index contributed by atoms with van der Waals surface area (Å²) in [4.78, 5) is 12.7. The van der Waals surface area contributed by atoms with E-state index in [1.807, 2.05) is 0 Å². The van der Waals surface area contributed by atoms with Crippen LogP contribution in [0.1, 0.15) is 22.4 Å². The summed E-state index contributed by atoms with van der Waals surface area (Å²) in [7, 11) is 0. The number of aromatic nitrogens is 2. The molecule has 1 heterocycles. The quantitative estimate of drug-likeness (QED) is 0.627. The monoisotopic (exact) mass is 283 g/mol. The Kier molecular flexibility index (Phi) is 5.17. The largest absolute Gasteiger partial charge is 0.261 e. The van der Waals surface area contributed by atoms with Gasteiger partial charge in [-0.15, -0.1) is 0 Å². The molecular formula is C14H15N3Ni. The molecule has 1 aromatic heterocycles. The van der Waals surface area contributed by atoms with E-state index in [9.17, 15) is 0 Å². The summed E-state index contributed by atoms with van der Waals surface area (Å²) < 4.78 is 0. The van der Waals surface area contributed by atoms with Gasteiger partial charge in [0.2, 0.25) is 0 Å². The molecule has 0 amide bonds. The van der Waals surface area contributed by atoms with Crippen LogP contribution in [0.3, 0.4) is 0 Å². The number of aryl methyl sites for hydroxylation is 3. The Morgan fingerprint density at radius 1 is 1.06 bits per heavy atom. The van der Waals surface area contributed by atoms with Gasteiger partial charge in [-0.05, 0) is 31.9 Å². The van der Waals surface area contributed by atoms with E-state index in [2.05, 4.69) is 47.9 Å². The molecule has 18 heavy (non-hydrogen) atoms. The molecule has 4 heteroatoms. The summed E-state index contributed by atoms with van der Waals surface area (Å²) in [6.45, 7) is 6.24. The molecule has 0 saturated heterocycles. The van der Waals surface area contributed by atoms with E-state index >= 15 is 0 Å². The first-order valence-electron chi connectivity index (χ1n) is 5.55. The van der Waals surface area contributed by atoms with Crippen LogP contribution in [-0.2, 0) is 16.5 Å². The van der Waals surface area contributed by atoms with Gasteiger partial charge in [0.05, 0.1) is 23.8 Å². The van der Waals surface area contributed by atoms with E-state index in [1.165, 1.54) is 16.7 Å². The number of nitrogens with zero attached hydrogens (tertiary/aromatic N) is 3. The fourth-order valence-corrected chi connectivity index (χ4v) is 1.88. The third kappa shape index (κ3) is 3.48. The summed E-state index contributed by atoms with van der Waals surface area (Å²) in [5, 5.41) is 0. The zero-order valence-electron chi connectivity index (χ0n) is 10.6. The van der Waals surface area contributed by atoms with Crippen molar-refractivity contribution in [1.82, 2.24) is 9.97 Å². The molecule has 0 saturated carbocycles. The van der Waals surface area contributed by atoms with E-state index in [-0.39, 0.29) is 16.5 Å². The first-order chi connectivity index (χ1) is 8.16. The van der Waals surface area contributed by atoms with Crippen LogP contribution in [0.4, 0.5) is 5.69 Å². The van der Waals surface area contributed by atoms with Crippen LogP contribution in [0.5, 0.6) is 0 Å². The number of hydrogen-bond acceptors (Lipinski definition) is 3. The number of hydrogen-bond donors (Lipinski definition) is 0. The van der Waals surface area contributed by atoms with Gasteiger partial charge >= 0.3 is 0 Å². The van der Waals surface area contributed by atoms with Crippen molar-refractivity contribution in [2.24, 2.45) is 4.99 Å². The molecule has 0 aliphatic rings. The maximum Gasteiger partial charge on any atom is 0.0995 e. The van der Waals surface area contributed by atoms with Crippen molar-refractivity contribution in [3.8, 4) is 0 Å². The molecule has 96 valence electrons. The fraction of sp³-hybridized carbons (Fsp3) is 0.214. The molecule has 3 nitrogen and oxygen atoms in total. The van der Waals surface area contributed by atoms with E-state index < -0.39 is 0 Å². The minimum absolute atomic E-state index is 0. The van der Waals surface area contributed by atoms with Gasteiger partial charge in [-0.25, -0.2) is 0 Å². The first kappa shape index (κ1) is 14.5. The Balaban J connectivity index is 0.00000162. The van der Waals surface area contributed by atoms with Crippen molar-refractivity contribution in [3.05, 3.63) is 53.1 Å². The molecule has 0 aliphatic heterocycles. The third-order valence-corrected chi connectivity index (χ3v) is 2.54. The topological polar surface area (TPSA) is 38.1 Å². The Hall–Kier alpha value is -1.54. The van der Waals surface area contributed by atoms with Crippen molar-refractivity contribution in [2.45, 2.75) is 20.8 Å². The van der Waals surface area contributed by atoms with E-state index in [4.69, 9.17) is 0 Å². The minimum atomic E-state index is 0. The normalized spacial score (nSPS) is 10.4. The van der Waals surface area contributed by atoms with Gasteiger partial charge in [0.15, 0.2) is 0 Å². The average Bonchev–Trinajstić information content (AvgIpc) is 2.29. The summed E-state index contributed by atoms with van der Waals surface area (Å²) in [5.74, 6) is 0. The van der Waals surface area contributed by atoms with Crippen molar-refractivity contribution < 1.29 is 16.5 Å². The van der Waals surface area contributed by atoms with E-state index in [1.54, 1.807) is 24.8 Å². The SMILES string of the molecule is Cc1cc(C)c(N=Cc2cnccn2)c(C)c1.[Ni]. The van der Waals surface area contributed by atoms with Crippen molar-refractivity contribution in [2.75, 3.05) is 0 Å². The minimum Gasteiger partial charge on any atom is -0.261 e. The predicted octanol–water partition coefficient (Wildman–Crippen LogP) is 3.15. The van der Waals surface area contributed by atoms with Crippen molar-refractivity contribution in [3.63, 3.8) is 0 Å². The summed E-state index contributed by atoms with van der Waals surface area (Å²) >= 11 is 0. The Labute approximate surface area is 117 Å². The van der Waals surface area contributed by atoms with Crippen molar-refractivity contribution >= 4 is 11.9 Å². The molecule has 0 unspecified atom stereocenters. The van der Waals surface area contributed by atoms with Gasteiger partial charge in [-0.3, -0.25) is 15.0 Å². The molecule has 0 bridgehead atoms. The van der Waals surface area contributed by atoms with E-state index in [0.717, 1.165) is 11.4 Å². The molecular weight excluding hydrogens is 269 g/mol. The molecule has 0 N–H and O–H groups in total. The van der Waals surface area contributed by atoms with Crippen molar-refractivity contribution in [1.29, 1.82) is 0 Å². The molecule has 2 aromatic rings. The number of aliphatic imine (C=N–C) groups is 1. The second kappa shape index (κ2) is 6.41.